The Balaban J connectivity index is 1.63. The van der Waals surface area contributed by atoms with Gasteiger partial charge in [-0.1, -0.05) is 30.3 Å². The molecule has 0 spiro atoms. The molecule has 0 aliphatic heterocycles. The van der Waals surface area contributed by atoms with Crippen LogP contribution in [0.5, 0.6) is 11.5 Å². The summed E-state index contributed by atoms with van der Waals surface area (Å²) in [6, 6.07) is 23.4. The maximum Gasteiger partial charge on any atom is 0.307 e. The SMILES string of the molecule is CCOc1ccc2[nH]c(-c3ccc(OCc4ccccc4)cc3)c(CC(=O)O)c2c1. The predicted molar refractivity (Wildman–Crippen MR) is 117 cm³/mol. The molecule has 4 aromatic rings. The average molecular weight is 401 g/mol. The molecule has 4 rings (SSSR count). The van der Waals surface area contributed by atoms with Crippen molar-refractivity contribution in [2.75, 3.05) is 6.61 Å². The Labute approximate surface area is 174 Å². The van der Waals surface area contributed by atoms with Gasteiger partial charge in [0.25, 0.3) is 0 Å². The molecule has 1 heterocycles. The van der Waals surface area contributed by atoms with Crippen LogP contribution in [0, 0.1) is 0 Å². The maximum atomic E-state index is 11.5. The first-order valence-corrected chi connectivity index (χ1v) is 9.90. The van der Waals surface area contributed by atoms with Crippen LogP contribution in [0.15, 0.2) is 72.8 Å². The molecule has 30 heavy (non-hydrogen) atoms. The van der Waals surface area contributed by atoms with Crippen molar-refractivity contribution < 1.29 is 19.4 Å². The zero-order valence-electron chi connectivity index (χ0n) is 16.7. The molecule has 0 aliphatic carbocycles. The fourth-order valence-corrected chi connectivity index (χ4v) is 3.52. The minimum atomic E-state index is -0.873. The van der Waals surface area contributed by atoms with Gasteiger partial charge in [-0.15, -0.1) is 0 Å². The van der Waals surface area contributed by atoms with Crippen molar-refractivity contribution in [3.63, 3.8) is 0 Å². The van der Waals surface area contributed by atoms with E-state index in [1.54, 1.807) is 0 Å². The number of benzene rings is 3. The monoisotopic (exact) mass is 401 g/mol. The minimum Gasteiger partial charge on any atom is -0.494 e. The molecule has 2 N–H and O–H groups in total. The Bertz CT molecular complexity index is 1150. The number of ether oxygens (including phenoxy) is 2. The summed E-state index contributed by atoms with van der Waals surface area (Å²) in [6.45, 7) is 2.98. The van der Waals surface area contributed by atoms with Crippen LogP contribution in [0.3, 0.4) is 0 Å². The van der Waals surface area contributed by atoms with Crippen molar-refractivity contribution in [2.24, 2.45) is 0 Å². The Hall–Kier alpha value is -3.73. The summed E-state index contributed by atoms with van der Waals surface area (Å²) >= 11 is 0. The molecule has 0 atom stereocenters. The van der Waals surface area contributed by atoms with Crippen molar-refractivity contribution >= 4 is 16.9 Å². The molecule has 3 aromatic carbocycles. The number of carbonyl (C=O) groups is 1. The summed E-state index contributed by atoms with van der Waals surface area (Å²) in [5.41, 5.74) is 4.44. The summed E-state index contributed by atoms with van der Waals surface area (Å²) in [5, 5.41) is 10.3. The van der Waals surface area contributed by atoms with Crippen LogP contribution in [-0.2, 0) is 17.8 Å². The molecule has 5 nitrogen and oxygen atoms in total. The van der Waals surface area contributed by atoms with E-state index in [9.17, 15) is 9.90 Å². The van der Waals surface area contributed by atoms with Crippen LogP contribution >= 0.6 is 0 Å². The van der Waals surface area contributed by atoms with E-state index in [1.807, 2.05) is 79.7 Å². The van der Waals surface area contributed by atoms with Gasteiger partial charge in [-0.2, -0.15) is 0 Å². The van der Waals surface area contributed by atoms with Crippen LogP contribution in [0.25, 0.3) is 22.2 Å². The summed E-state index contributed by atoms with van der Waals surface area (Å²) in [6.07, 6.45) is -0.0723. The smallest absolute Gasteiger partial charge is 0.307 e. The Morgan fingerprint density at radius 1 is 0.933 bits per heavy atom. The van der Waals surface area contributed by atoms with Gasteiger partial charge in [0.05, 0.1) is 18.7 Å². The number of aliphatic carboxylic acids is 1. The number of carboxylic acids is 1. The van der Waals surface area contributed by atoms with Crippen LogP contribution in [0.4, 0.5) is 0 Å². The van der Waals surface area contributed by atoms with Crippen molar-refractivity contribution in [3.05, 3.63) is 83.9 Å². The van der Waals surface area contributed by atoms with Crippen LogP contribution < -0.4 is 9.47 Å². The average Bonchev–Trinajstić information content (AvgIpc) is 3.11. The van der Waals surface area contributed by atoms with Crippen molar-refractivity contribution in [3.8, 4) is 22.8 Å². The van der Waals surface area contributed by atoms with Crippen LogP contribution in [0.2, 0.25) is 0 Å². The van der Waals surface area contributed by atoms with Gasteiger partial charge >= 0.3 is 5.97 Å². The molecular weight excluding hydrogens is 378 g/mol. The summed E-state index contributed by atoms with van der Waals surface area (Å²) in [5.74, 6) is 0.616. The Morgan fingerprint density at radius 2 is 1.67 bits per heavy atom. The first kappa shape index (κ1) is 19.6. The van der Waals surface area contributed by atoms with E-state index in [0.29, 0.717) is 13.2 Å². The van der Waals surface area contributed by atoms with Gasteiger partial charge in [0.2, 0.25) is 0 Å². The lowest BCUT2D eigenvalue weighted by Gasteiger charge is -2.08. The second-order valence-corrected chi connectivity index (χ2v) is 6.99. The molecule has 152 valence electrons. The molecular formula is C25H23NO4. The summed E-state index contributed by atoms with van der Waals surface area (Å²) in [4.78, 5) is 14.9. The van der Waals surface area contributed by atoms with Crippen LogP contribution in [0.1, 0.15) is 18.1 Å². The minimum absolute atomic E-state index is 0.0723. The van der Waals surface area contributed by atoms with Gasteiger partial charge in [0, 0.05) is 10.9 Å². The highest BCUT2D eigenvalue weighted by atomic mass is 16.5. The largest absolute Gasteiger partial charge is 0.494 e. The molecule has 0 bridgehead atoms. The number of H-pyrrole nitrogens is 1. The number of aromatic amines is 1. The predicted octanol–water partition coefficient (Wildman–Crippen LogP) is 5.44. The zero-order valence-corrected chi connectivity index (χ0v) is 16.7. The third kappa shape index (κ3) is 4.30. The summed E-state index contributed by atoms with van der Waals surface area (Å²) in [7, 11) is 0. The normalized spacial score (nSPS) is 10.8. The molecule has 0 fully saturated rings. The van der Waals surface area contributed by atoms with Gasteiger partial charge in [0.1, 0.15) is 18.1 Å². The fourth-order valence-electron chi connectivity index (χ4n) is 3.52. The van der Waals surface area contributed by atoms with Gasteiger partial charge in [-0.05, 0) is 66.1 Å². The topological polar surface area (TPSA) is 71.5 Å². The zero-order chi connectivity index (χ0) is 20.9. The highest BCUT2D eigenvalue weighted by Gasteiger charge is 2.17. The van der Waals surface area contributed by atoms with E-state index < -0.39 is 5.97 Å². The van der Waals surface area contributed by atoms with Crippen molar-refractivity contribution in [2.45, 2.75) is 20.0 Å². The lowest BCUT2D eigenvalue weighted by atomic mass is 10.0. The number of carboxylic acid groups (broad SMARTS) is 1. The lowest BCUT2D eigenvalue weighted by molar-refractivity contribution is -0.136. The van der Waals surface area contributed by atoms with E-state index in [2.05, 4.69) is 4.98 Å². The number of hydrogen-bond donors (Lipinski definition) is 2. The highest BCUT2D eigenvalue weighted by molar-refractivity contribution is 5.94. The number of rotatable bonds is 8. The van der Waals surface area contributed by atoms with Crippen molar-refractivity contribution in [1.29, 1.82) is 0 Å². The molecule has 0 radical (unpaired) electrons. The highest BCUT2D eigenvalue weighted by Crippen LogP contribution is 2.34. The summed E-state index contributed by atoms with van der Waals surface area (Å²) < 4.78 is 11.4. The number of fused-ring (bicyclic) bond motifs is 1. The Kier molecular flexibility index (Phi) is 5.70. The molecule has 5 heteroatoms. The van der Waals surface area contributed by atoms with E-state index in [1.165, 1.54) is 0 Å². The standard InChI is InChI=1S/C25H23NO4/c1-2-29-20-12-13-23-21(14-20)22(15-24(27)28)25(26-23)18-8-10-19(11-9-18)30-16-17-6-4-3-5-7-17/h3-14,26H,2,15-16H2,1H3,(H,27,28). The second kappa shape index (κ2) is 8.74. The molecule has 0 saturated carbocycles. The van der Waals surface area contributed by atoms with Gasteiger partial charge in [-0.25, -0.2) is 0 Å². The number of nitrogens with one attached hydrogen (secondary N) is 1. The van der Waals surface area contributed by atoms with Gasteiger partial charge < -0.3 is 19.6 Å². The second-order valence-electron chi connectivity index (χ2n) is 6.99. The maximum absolute atomic E-state index is 11.5. The van der Waals surface area contributed by atoms with Gasteiger partial charge in [0.15, 0.2) is 0 Å². The fraction of sp³-hybridized carbons (Fsp3) is 0.160. The Morgan fingerprint density at radius 3 is 2.37 bits per heavy atom. The molecule has 0 amide bonds. The first-order chi connectivity index (χ1) is 14.6. The number of aromatic nitrogens is 1. The van der Waals surface area contributed by atoms with Gasteiger partial charge in [-0.3, -0.25) is 4.79 Å². The molecule has 0 saturated heterocycles. The molecule has 0 aliphatic rings. The third-order valence-corrected chi connectivity index (χ3v) is 4.91. The van der Waals surface area contributed by atoms with E-state index in [0.717, 1.165) is 44.8 Å². The third-order valence-electron chi connectivity index (χ3n) is 4.91. The van der Waals surface area contributed by atoms with E-state index >= 15 is 0 Å². The quantitative estimate of drug-likeness (QED) is 0.412. The lowest BCUT2D eigenvalue weighted by Crippen LogP contribution is -2.01. The first-order valence-electron chi connectivity index (χ1n) is 9.90. The number of hydrogen-bond acceptors (Lipinski definition) is 3. The molecule has 0 unspecified atom stereocenters. The molecule has 1 aromatic heterocycles. The van der Waals surface area contributed by atoms with Crippen molar-refractivity contribution in [1.82, 2.24) is 4.98 Å². The van der Waals surface area contributed by atoms with Crippen LogP contribution in [-0.4, -0.2) is 22.7 Å². The van der Waals surface area contributed by atoms with E-state index in [-0.39, 0.29) is 6.42 Å². The van der Waals surface area contributed by atoms with E-state index in [4.69, 9.17) is 9.47 Å².